The third kappa shape index (κ3) is 3.15. The predicted molar refractivity (Wildman–Crippen MR) is 82.5 cm³/mol. The van der Waals surface area contributed by atoms with Gasteiger partial charge in [0.05, 0.1) is 19.2 Å². The first-order valence-electron chi connectivity index (χ1n) is 6.60. The minimum atomic E-state index is -0.358. The Hall–Kier alpha value is -1.49. The van der Waals surface area contributed by atoms with Crippen LogP contribution in [-0.4, -0.2) is 29.1 Å². The van der Waals surface area contributed by atoms with Crippen LogP contribution >= 0.6 is 15.9 Å². The summed E-state index contributed by atoms with van der Waals surface area (Å²) in [7, 11) is 1.39. The van der Waals surface area contributed by atoms with E-state index in [-0.39, 0.29) is 10.8 Å². The fourth-order valence-electron chi connectivity index (χ4n) is 2.07. The van der Waals surface area contributed by atoms with Crippen LogP contribution in [0.3, 0.4) is 0 Å². The summed E-state index contributed by atoms with van der Waals surface area (Å²) in [4.78, 5) is 11.1. The smallest absolute Gasteiger partial charge is 0.321 e. The van der Waals surface area contributed by atoms with Crippen molar-refractivity contribution < 1.29 is 14.3 Å². The topological polar surface area (TPSA) is 40.5 Å². The first kappa shape index (κ1) is 14.9. The summed E-state index contributed by atoms with van der Waals surface area (Å²) in [5.74, 6) is 0.609. The molecule has 20 heavy (non-hydrogen) atoms. The Bertz CT molecular complexity index is 594. The zero-order chi connectivity index (χ0) is 14.5. The number of fused-ring (bicyclic) bond motifs is 1. The van der Waals surface area contributed by atoms with Crippen LogP contribution in [0.25, 0.3) is 10.9 Å². The fourth-order valence-corrected chi connectivity index (χ4v) is 2.57. The number of carbonyl (C=O) groups excluding carboxylic acids is 1. The number of aromatic nitrogens is 1. The molecule has 0 amide bonds. The Balaban J connectivity index is 2.26. The number of carbonyl (C=O) groups is 1. The lowest BCUT2D eigenvalue weighted by molar-refractivity contribution is -0.140. The first-order chi connectivity index (χ1) is 9.67. The van der Waals surface area contributed by atoms with Gasteiger partial charge >= 0.3 is 5.97 Å². The highest BCUT2D eigenvalue weighted by Gasteiger charge is 2.17. The average Bonchev–Trinajstić information content (AvgIpc) is 2.88. The van der Waals surface area contributed by atoms with E-state index >= 15 is 0 Å². The van der Waals surface area contributed by atoms with Crippen molar-refractivity contribution in [3.63, 3.8) is 0 Å². The van der Waals surface area contributed by atoms with Gasteiger partial charge in [-0.3, -0.25) is 4.79 Å². The van der Waals surface area contributed by atoms with E-state index in [1.54, 1.807) is 0 Å². The number of hydrogen-bond donors (Lipinski definition) is 0. The molecule has 0 N–H and O–H groups in total. The SMILES string of the molecule is CCCOc1cccc2c1ccn2CC(Br)C(=O)OC. The van der Waals surface area contributed by atoms with Gasteiger partial charge in [-0.25, -0.2) is 0 Å². The normalized spacial score (nSPS) is 12.3. The van der Waals surface area contributed by atoms with Gasteiger partial charge in [0, 0.05) is 18.1 Å². The monoisotopic (exact) mass is 339 g/mol. The molecule has 0 aliphatic heterocycles. The zero-order valence-electron chi connectivity index (χ0n) is 11.6. The van der Waals surface area contributed by atoms with Gasteiger partial charge in [0.25, 0.3) is 0 Å². The van der Waals surface area contributed by atoms with E-state index in [0.717, 1.165) is 23.1 Å². The maximum atomic E-state index is 11.5. The van der Waals surface area contributed by atoms with Crippen LogP contribution < -0.4 is 4.74 Å². The van der Waals surface area contributed by atoms with Gasteiger partial charge in [-0.05, 0) is 24.6 Å². The van der Waals surface area contributed by atoms with Crippen molar-refractivity contribution >= 4 is 32.8 Å². The molecule has 0 saturated heterocycles. The van der Waals surface area contributed by atoms with Gasteiger partial charge in [-0.15, -0.1) is 0 Å². The molecule has 2 aromatic rings. The number of alkyl halides is 1. The lowest BCUT2D eigenvalue weighted by Gasteiger charge is -2.11. The fraction of sp³-hybridized carbons (Fsp3) is 0.400. The average molecular weight is 340 g/mol. The van der Waals surface area contributed by atoms with Crippen LogP contribution in [0.4, 0.5) is 0 Å². The van der Waals surface area contributed by atoms with Crippen LogP contribution in [0, 0.1) is 0 Å². The van der Waals surface area contributed by atoms with Crippen molar-refractivity contribution in [3.05, 3.63) is 30.5 Å². The quantitative estimate of drug-likeness (QED) is 0.598. The second-order valence-corrected chi connectivity index (χ2v) is 5.60. The van der Waals surface area contributed by atoms with Crippen molar-refractivity contribution in [1.82, 2.24) is 4.57 Å². The van der Waals surface area contributed by atoms with E-state index in [4.69, 9.17) is 9.47 Å². The number of hydrogen-bond acceptors (Lipinski definition) is 3. The zero-order valence-corrected chi connectivity index (χ0v) is 13.2. The predicted octanol–water partition coefficient (Wildman–Crippen LogP) is 3.37. The molecule has 1 aromatic heterocycles. The second-order valence-electron chi connectivity index (χ2n) is 4.50. The highest BCUT2D eigenvalue weighted by molar-refractivity contribution is 9.10. The van der Waals surface area contributed by atoms with Crippen molar-refractivity contribution in [3.8, 4) is 5.75 Å². The van der Waals surface area contributed by atoms with E-state index in [9.17, 15) is 4.79 Å². The molecule has 4 nitrogen and oxygen atoms in total. The summed E-state index contributed by atoms with van der Waals surface area (Å²) in [5, 5.41) is 1.06. The molecular weight excluding hydrogens is 322 g/mol. The van der Waals surface area contributed by atoms with Gasteiger partial charge in [0.1, 0.15) is 10.6 Å². The molecule has 1 aromatic carbocycles. The molecule has 1 unspecified atom stereocenters. The largest absolute Gasteiger partial charge is 0.493 e. The van der Waals surface area contributed by atoms with Crippen LogP contribution in [0.1, 0.15) is 13.3 Å². The van der Waals surface area contributed by atoms with E-state index in [1.807, 2.05) is 35.0 Å². The molecule has 0 fully saturated rings. The van der Waals surface area contributed by atoms with Crippen molar-refractivity contribution in [2.45, 2.75) is 24.7 Å². The first-order valence-corrected chi connectivity index (χ1v) is 7.51. The molecule has 0 aliphatic rings. The Morgan fingerprint density at radius 1 is 1.40 bits per heavy atom. The Labute approximate surface area is 126 Å². The van der Waals surface area contributed by atoms with Gasteiger partial charge in [-0.2, -0.15) is 0 Å². The highest BCUT2D eigenvalue weighted by atomic mass is 79.9. The number of benzene rings is 1. The summed E-state index contributed by atoms with van der Waals surface area (Å²) in [5.41, 5.74) is 1.05. The molecule has 0 bridgehead atoms. The van der Waals surface area contributed by atoms with Crippen molar-refractivity contribution in [2.24, 2.45) is 0 Å². The third-order valence-electron chi connectivity index (χ3n) is 3.05. The number of ether oxygens (including phenoxy) is 2. The van der Waals surface area contributed by atoms with Gasteiger partial charge in [0.15, 0.2) is 0 Å². The van der Waals surface area contributed by atoms with Crippen LogP contribution in [0.2, 0.25) is 0 Å². The van der Waals surface area contributed by atoms with Gasteiger partial charge in [0.2, 0.25) is 0 Å². The summed E-state index contributed by atoms with van der Waals surface area (Å²) in [6.45, 7) is 3.30. The Kier molecular flexibility index (Phi) is 5.06. The lowest BCUT2D eigenvalue weighted by Crippen LogP contribution is -2.21. The van der Waals surface area contributed by atoms with Gasteiger partial charge in [-0.1, -0.05) is 28.9 Å². The van der Waals surface area contributed by atoms with Crippen molar-refractivity contribution in [1.29, 1.82) is 0 Å². The van der Waals surface area contributed by atoms with E-state index in [0.29, 0.717) is 13.2 Å². The minimum Gasteiger partial charge on any atom is -0.493 e. The number of esters is 1. The number of methoxy groups -OCH3 is 1. The molecule has 0 saturated carbocycles. The maximum Gasteiger partial charge on any atom is 0.321 e. The maximum absolute atomic E-state index is 11.5. The molecule has 1 atom stereocenters. The Morgan fingerprint density at radius 3 is 2.90 bits per heavy atom. The minimum absolute atomic E-state index is 0.273. The van der Waals surface area contributed by atoms with Gasteiger partial charge < -0.3 is 14.0 Å². The van der Waals surface area contributed by atoms with Crippen LogP contribution in [0.5, 0.6) is 5.75 Å². The summed E-state index contributed by atoms with van der Waals surface area (Å²) in [6.07, 6.45) is 2.93. The van der Waals surface area contributed by atoms with Crippen LogP contribution in [0.15, 0.2) is 30.5 Å². The van der Waals surface area contributed by atoms with Crippen LogP contribution in [-0.2, 0) is 16.1 Å². The van der Waals surface area contributed by atoms with Crippen molar-refractivity contribution in [2.75, 3.05) is 13.7 Å². The molecule has 0 spiro atoms. The lowest BCUT2D eigenvalue weighted by atomic mass is 10.2. The number of rotatable bonds is 6. The summed E-state index contributed by atoms with van der Waals surface area (Å²) >= 11 is 3.34. The van der Waals surface area contributed by atoms with E-state index < -0.39 is 0 Å². The number of nitrogens with zero attached hydrogens (tertiary/aromatic N) is 1. The standard InChI is InChI=1S/C15H18BrNO3/c1-3-9-20-14-6-4-5-13-11(14)7-8-17(13)10-12(16)15(18)19-2/h4-8,12H,3,9-10H2,1-2H3. The molecule has 5 heteroatoms. The molecule has 0 aliphatic carbocycles. The Morgan fingerprint density at radius 2 is 2.20 bits per heavy atom. The van der Waals surface area contributed by atoms with E-state index in [2.05, 4.69) is 22.9 Å². The summed E-state index contributed by atoms with van der Waals surface area (Å²) in [6, 6.07) is 7.96. The molecule has 108 valence electrons. The summed E-state index contributed by atoms with van der Waals surface area (Å²) < 4.78 is 12.5. The van der Waals surface area contributed by atoms with E-state index in [1.165, 1.54) is 7.11 Å². The number of halogens is 1. The third-order valence-corrected chi connectivity index (χ3v) is 3.71. The second kappa shape index (κ2) is 6.79. The highest BCUT2D eigenvalue weighted by Crippen LogP contribution is 2.27. The molecular formula is C15H18BrNO3. The molecule has 2 rings (SSSR count). The molecule has 0 radical (unpaired) electrons. The molecule has 1 heterocycles.